The van der Waals surface area contributed by atoms with E-state index in [9.17, 15) is 4.79 Å². The van der Waals surface area contributed by atoms with E-state index in [1.54, 1.807) is 6.20 Å². The molecule has 1 fully saturated rings. The summed E-state index contributed by atoms with van der Waals surface area (Å²) >= 11 is 0. The molecule has 0 bridgehead atoms. The Morgan fingerprint density at radius 3 is 3.24 bits per heavy atom. The van der Waals surface area contributed by atoms with E-state index < -0.39 is 0 Å². The Balaban J connectivity index is 1.80. The third-order valence-electron chi connectivity index (χ3n) is 4.15. The molecular weight excluding hydrogens is 266 g/mol. The molecule has 1 amide bonds. The highest BCUT2D eigenvalue weighted by molar-refractivity contribution is 5.97. The van der Waals surface area contributed by atoms with Crippen molar-refractivity contribution in [2.24, 2.45) is 5.92 Å². The van der Waals surface area contributed by atoms with Crippen LogP contribution in [0, 0.1) is 12.8 Å². The summed E-state index contributed by atoms with van der Waals surface area (Å²) < 4.78 is 0. The first-order chi connectivity index (χ1) is 10.2. The normalized spacial score (nSPS) is 19.1. The van der Waals surface area contributed by atoms with Crippen LogP contribution in [0.15, 0.2) is 12.3 Å². The molecule has 6 nitrogen and oxygen atoms in total. The summed E-state index contributed by atoms with van der Waals surface area (Å²) in [6.45, 7) is 4.56. The number of fused-ring (bicyclic) bond motifs is 1. The summed E-state index contributed by atoms with van der Waals surface area (Å²) in [6.07, 6.45) is 3.88. The fourth-order valence-corrected chi connectivity index (χ4v) is 3.02. The van der Waals surface area contributed by atoms with E-state index in [4.69, 9.17) is 0 Å². The molecule has 3 rings (SSSR count). The SMILES string of the molecule is CNCC1CCCN(C(=O)c2cnc3n[nH]c(C)c3c2)C1. The number of piperidine rings is 1. The number of nitrogens with zero attached hydrogens (tertiary/aromatic N) is 3. The molecule has 1 saturated heterocycles. The van der Waals surface area contributed by atoms with Crippen molar-refractivity contribution in [1.29, 1.82) is 0 Å². The van der Waals surface area contributed by atoms with Crippen LogP contribution >= 0.6 is 0 Å². The number of hydrogen-bond acceptors (Lipinski definition) is 4. The second kappa shape index (κ2) is 5.81. The molecular formula is C15H21N5O. The maximum Gasteiger partial charge on any atom is 0.255 e. The van der Waals surface area contributed by atoms with Crippen LogP contribution in [0.1, 0.15) is 28.9 Å². The molecule has 0 spiro atoms. The highest BCUT2D eigenvalue weighted by Gasteiger charge is 2.24. The number of aromatic amines is 1. The van der Waals surface area contributed by atoms with Gasteiger partial charge in [0.2, 0.25) is 0 Å². The third-order valence-corrected chi connectivity index (χ3v) is 4.15. The first-order valence-electron chi connectivity index (χ1n) is 7.43. The fraction of sp³-hybridized carbons (Fsp3) is 0.533. The van der Waals surface area contributed by atoms with Gasteiger partial charge in [0, 0.05) is 30.4 Å². The molecule has 1 aliphatic heterocycles. The lowest BCUT2D eigenvalue weighted by molar-refractivity contribution is 0.0674. The molecule has 1 aliphatic rings. The number of rotatable bonds is 3. The monoisotopic (exact) mass is 287 g/mol. The van der Waals surface area contributed by atoms with Crippen molar-refractivity contribution < 1.29 is 4.79 Å². The number of nitrogens with one attached hydrogen (secondary N) is 2. The van der Waals surface area contributed by atoms with Crippen LogP contribution in [0.4, 0.5) is 0 Å². The van der Waals surface area contributed by atoms with Gasteiger partial charge in [-0.3, -0.25) is 9.89 Å². The van der Waals surface area contributed by atoms with E-state index in [0.29, 0.717) is 17.1 Å². The van der Waals surface area contributed by atoms with Crippen molar-refractivity contribution in [1.82, 2.24) is 25.4 Å². The number of aryl methyl sites for hydroxylation is 1. The minimum atomic E-state index is 0.0748. The van der Waals surface area contributed by atoms with Crippen LogP contribution < -0.4 is 5.32 Å². The van der Waals surface area contributed by atoms with Crippen molar-refractivity contribution in [2.75, 3.05) is 26.7 Å². The standard InChI is InChI=1S/C15H21N5O/c1-10-13-6-12(8-17-14(13)19-18-10)15(21)20-5-3-4-11(9-20)7-16-2/h6,8,11,16H,3-5,7,9H2,1-2H3,(H,17,18,19). The van der Waals surface area contributed by atoms with Crippen molar-refractivity contribution in [3.63, 3.8) is 0 Å². The Bertz CT molecular complexity index is 649. The second-order valence-electron chi connectivity index (χ2n) is 5.76. The van der Waals surface area contributed by atoms with Crippen LogP contribution in [-0.2, 0) is 0 Å². The van der Waals surface area contributed by atoms with Crippen LogP contribution in [-0.4, -0.2) is 52.7 Å². The third kappa shape index (κ3) is 2.76. The Kier molecular flexibility index (Phi) is 3.88. The van der Waals surface area contributed by atoms with Crippen LogP contribution in [0.25, 0.3) is 11.0 Å². The average Bonchev–Trinajstić information content (AvgIpc) is 2.88. The Morgan fingerprint density at radius 2 is 2.43 bits per heavy atom. The lowest BCUT2D eigenvalue weighted by Gasteiger charge is -2.32. The number of aromatic nitrogens is 3. The molecule has 2 N–H and O–H groups in total. The molecule has 2 aromatic rings. The van der Waals surface area contributed by atoms with Crippen molar-refractivity contribution >= 4 is 16.9 Å². The van der Waals surface area contributed by atoms with Gasteiger partial charge in [0.15, 0.2) is 5.65 Å². The quantitative estimate of drug-likeness (QED) is 0.893. The molecule has 1 atom stereocenters. The summed E-state index contributed by atoms with van der Waals surface area (Å²) in [5.74, 6) is 0.617. The van der Waals surface area contributed by atoms with Gasteiger partial charge in [-0.25, -0.2) is 4.98 Å². The lowest BCUT2D eigenvalue weighted by Crippen LogP contribution is -2.42. The number of hydrogen-bond donors (Lipinski definition) is 2. The Hall–Kier alpha value is -1.95. The first kappa shape index (κ1) is 14.0. The number of H-pyrrole nitrogens is 1. The van der Waals surface area contributed by atoms with Crippen LogP contribution in [0.3, 0.4) is 0 Å². The summed E-state index contributed by atoms with van der Waals surface area (Å²) in [6, 6.07) is 1.89. The van der Waals surface area contributed by atoms with E-state index in [1.807, 2.05) is 24.9 Å². The van der Waals surface area contributed by atoms with Gasteiger partial charge < -0.3 is 10.2 Å². The van der Waals surface area contributed by atoms with Crippen LogP contribution in [0.5, 0.6) is 0 Å². The number of carbonyl (C=O) groups is 1. The lowest BCUT2D eigenvalue weighted by atomic mass is 9.97. The number of carbonyl (C=O) groups excluding carboxylic acids is 1. The fourth-order valence-electron chi connectivity index (χ4n) is 3.02. The molecule has 2 aromatic heterocycles. The van der Waals surface area contributed by atoms with Gasteiger partial charge in [-0.05, 0) is 45.3 Å². The largest absolute Gasteiger partial charge is 0.338 e. The molecule has 21 heavy (non-hydrogen) atoms. The van der Waals surface area contributed by atoms with Crippen LogP contribution in [0.2, 0.25) is 0 Å². The van der Waals surface area contributed by atoms with Crippen molar-refractivity contribution in [3.8, 4) is 0 Å². The Labute approximate surface area is 123 Å². The highest BCUT2D eigenvalue weighted by atomic mass is 16.2. The minimum Gasteiger partial charge on any atom is -0.338 e. The van der Waals surface area contributed by atoms with Gasteiger partial charge in [0.25, 0.3) is 5.91 Å². The zero-order valence-electron chi connectivity index (χ0n) is 12.5. The zero-order chi connectivity index (χ0) is 14.8. The van der Waals surface area contributed by atoms with E-state index >= 15 is 0 Å². The van der Waals surface area contributed by atoms with Crippen molar-refractivity contribution in [3.05, 3.63) is 23.5 Å². The molecule has 3 heterocycles. The topological polar surface area (TPSA) is 73.9 Å². The number of amides is 1. The summed E-state index contributed by atoms with van der Waals surface area (Å²) in [4.78, 5) is 18.9. The maximum absolute atomic E-state index is 12.7. The maximum atomic E-state index is 12.7. The molecule has 0 saturated carbocycles. The predicted octanol–water partition coefficient (Wildman–Crippen LogP) is 1.34. The second-order valence-corrected chi connectivity index (χ2v) is 5.76. The van der Waals surface area contributed by atoms with Gasteiger partial charge in [0.1, 0.15) is 0 Å². The molecule has 0 aromatic carbocycles. The smallest absolute Gasteiger partial charge is 0.255 e. The van der Waals surface area contributed by atoms with E-state index in [-0.39, 0.29) is 5.91 Å². The van der Waals surface area contributed by atoms with Crippen molar-refractivity contribution in [2.45, 2.75) is 19.8 Å². The van der Waals surface area contributed by atoms with Gasteiger partial charge in [-0.2, -0.15) is 5.10 Å². The van der Waals surface area contributed by atoms with Gasteiger partial charge in [-0.1, -0.05) is 0 Å². The molecule has 1 unspecified atom stereocenters. The summed E-state index contributed by atoms with van der Waals surface area (Å²) in [5, 5.41) is 11.1. The van der Waals surface area contributed by atoms with Gasteiger partial charge in [-0.15, -0.1) is 0 Å². The molecule has 112 valence electrons. The molecule has 0 radical (unpaired) electrons. The van der Waals surface area contributed by atoms with E-state index in [2.05, 4.69) is 20.5 Å². The predicted molar refractivity (Wildman–Crippen MR) is 81.2 cm³/mol. The summed E-state index contributed by atoms with van der Waals surface area (Å²) in [7, 11) is 1.96. The molecule has 6 heteroatoms. The molecule has 0 aliphatic carbocycles. The minimum absolute atomic E-state index is 0.0748. The van der Waals surface area contributed by atoms with Gasteiger partial charge >= 0.3 is 0 Å². The van der Waals surface area contributed by atoms with E-state index in [1.165, 1.54) is 6.42 Å². The Morgan fingerprint density at radius 1 is 1.57 bits per heavy atom. The number of likely N-dealkylation sites (tertiary alicyclic amines) is 1. The number of pyridine rings is 1. The average molecular weight is 287 g/mol. The summed E-state index contributed by atoms with van der Waals surface area (Å²) in [5.41, 5.74) is 2.26. The van der Waals surface area contributed by atoms with Gasteiger partial charge in [0.05, 0.1) is 5.56 Å². The zero-order valence-corrected chi connectivity index (χ0v) is 12.5. The van der Waals surface area contributed by atoms with E-state index in [0.717, 1.165) is 37.1 Å². The first-order valence-corrected chi connectivity index (χ1v) is 7.43. The highest BCUT2D eigenvalue weighted by Crippen LogP contribution is 2.20.